The van der Waals surface area contributed by atoms with Gasteiger partial charge < -0.3 is 5.32 Å². The maximum absolute atomic E-state index is 12.5. The molecule has 3 aromatic rings. The molecule has 2 aromatic heterocycles. The number of Topliss-reactive ketones (excluding diaryl/α,β-unsaturated/α-hetero) is 1. The highest BCUT2D eigenvalue weighted by Gasteiger charge is 2.18. The highest BCUT2D eigenvalue weighted by atomic mass is 32.1. The van der Waals surface area contributed by atoms with E-state index >= 15 is 0 Å². The third kappa shape index (κ3) is 3.98. The van der Waals surface area contributed by atoms with Crippen molar-refractivity contribution in [2.24, 2.45) is 0 Å². The van der Waals surface area contributed by atoms with E-state index in [9.17, 15) is 9.59 Å². The van der Waals surface area contributed by atoms with Gasteiger partial charge in [-0.15, -0.1) is 0 Å². The lowest BCUT2D eigenvalue weighted by molar-refractivity contribution is -0.115. The molecule has 0 aliphatic carbocycles. The first-order chi connectivity index (χ1) is 12.8. The molecule has 1 amide bonds. The molecule has 2 heterocycles. The Morgan fingerprint density at radius 3 is 2.30 bits per heavy atom. The second kappa shape index (κ2) is 7.44. The van der Waals surface area contributed by atoms with Gasteiger partial charge in [0.1, 0.15) is 0 Å². The Bertz CT molecular complexity index is 996. The SMILES string of the molecule is CC(=O)c1ccc(NC(=O)Cc2c(C)nn(-c3nc(C)c(C)s3)c2C)cc1. The zero-order valence-corrected chi connectivity index (χ0v) is 16.9. The molecule has 7 heteroatoms. The lowest BCUT2D eigenvalue weighted by Gasteiger charge is -2.06. The number of carbonyl (C=O) groups excluding carboxylic acids is 2. The van der Waals surface area contributed by atoms with Crippen LogP contribution in [0.1, 0.15) is 44.8 Å². The summed E-state index contributed by atoms with van der Waals surface area (Å²) in [6, 6.07) is 6.89. The number of nitrogens with one attached hydrogen (secondary N) is 1. The van der Waals surface area contributed by atoms with E-state index in [-0.39, 0.29) is 18.1 Å². The zero-order chi connectivity index (χ0) is 19.7. The third-order valence-electron chi connectivity index (χ3n) is 4.55. The second-order valence-electron chi connectivity index (χ2n) is 6.56. The minimum absolute atomic E-state index is 0.000741. The number of carbonyl (C=O) groups is 2. The van der Waals surface area contributed by atoms with Crippen LogP contribution in [0.25, 0.3) is 5.13 Å². The van der Waals surface area contributed by atoms with E-state index in [1.807, 2.05) is 32.4 Å². The summed E-state index contributed by atoms with van der Waals surface area (Å²) in [7, 11) is 0. The quantitative estimate of drug-likeness (QED) is 0.678. The van der Waals surface area contributed by atoms with Crippen LogP contribution in [0, 0.1) is 27.7 Å². The van der Waals surface area contributed by atoms with Gasteiger partial charge in [-0.2, -0.15) is 5.10 Å². The number of aryl methyl sites for hydroxylation is 3. The van der Waals surface area contributed by atoms with E-state index in [1.165, 1.54) is 6.92 Å². The molecule has 0 unspecified atom stereocenters. The Labute approximate surface area is 162 Å². The Hall–Kier alpha value is -2.80. The Morgan fingerprint density at radius 2 is 1.74 bits per heavy atom. The Morgan fingerprint density at radius 1 is 1.07 bits per heavy atom. The first kappa shape index (κ1) is 19.0. The fourth-order valence-corrected chi connectivity index (χ4v) is 3.73. The van der Waals surface area contributed by atoms with Gasteiger partial charge in [-0.05, 0) is 58.9 Å². The summed E-state index contributed by atoms with van der Waals surface area (Å²) in [5.41, 5.74) is 4.92. The van der Waals surface area contributed by atoms with E-state index in [0.717, 1.165) is 32.7 Å². The number of ketones is 1. The van der Waals surface area contributed by atoms with E-state index in [0.29, 0.717) is 11.3 Å². The summed E-state index contributed by atoms with van der Waals surface area (Å²) in [6.45, 7) is 9.39. The fraction of sp³-hybridized carbons (Fsp3) is 0.300. The maximum Gasteiger partial charge on any atom is 0.228 e. The van der Waals surface area contributed by atoms with E-state index < -0.39 is 0 Å². The number of benzene rings is 1. The molecule has 0 saturated heterocycles. The van der Waals surface area contributed by atoms with Crippen LogP contribution in [0.2, 0.25) is 0 Å². The van der Waals surface area contributed by atoms with Crippen molar-refractivity contribution in [3.63, 3.8) is 0 Å². The number of rotatable bonds is 5. The molecule has 0 saturated carbocycles. The standard InChI is InChI=1S/C20H22N4O2S/c1-11-15(5)27-20(21-11)24-13(3)18(12(2)23-24)10-19(26)22-17-8-6-16(7-9-17)14(4)25/h6-9H,10H2,1-5H3,(H,22,26). The van der Waals surface area contributed by atoms with E-state index in [2.05, 4.69) is 15.4 Å². The molecule has 0 spiro atoms. The van der Waals surface area contributed by atoms with Crippen LogP contribution in [0.15, 0.2) is 24.3 Å². The fourth-order valence-electron chi connectivity index (χ4n) is 2.82. The number of amides is 1. The van der Waals surface area contributed by atoms with Crippen molar-refractivity contribution < 1.29 is 9.59 Å². The highest BCUT2D eigenvalue weighted by Crippen LogP contribution is 2.24. The van der Waals surface area contributed by atoms with Gasteiger partial charge >= 0.3 is 0 Å². The van der Waals surface area contributed by atoms with Gasteiger partial charge in [-0.1, -0.05) is 11.3 Å². The molecular weight excluding hydrogens is 360 g/mol. The molecule has 0 aliphatic rings. The number of hydrogen-bond donors (Lipinski definition) is 1. The summed E-state index contributed by atoms with van der Waals surface area (Å²) in [4.78, 5) is 29.5. The highest BCUT2D eigenvalue weighted by molar-refractivity contribution is 7.14. The average molecular weight is 382 g/mol. The molecule has 6 nitrogen and oxygen atoms in total. The van der Waals surface area contributed by atoms with Crippen LogP contribution < -0.4 is 5.32 Å². The first-order valence-corrected chi connectivity index (χ1v) is 9.48. The molecule has 0 bridgehead atoms. The predicted molar refractivity (Wildman–Crippen MR) is 107 cm³/mol. The molecule has 27 heavy (non-hydrogen) atoms. The first-order valence-electron chi connectivity index (χ1n) is 8.66. The molecule has 0 aliphatic heterocycles. The van der Waals surface area contributed by atoms with Gasteiger partial charge in [0.2, 0.25) is 11.0 Å². The van der Waals surface area contributed by atoms with Crippen molar-refractivity contribution in [1.82, 2.24) is 14.8 Å². The molecule has 1 N–H and O–H groups in total. The van der Waals surface area contributed by atoms with Crippen LogP contribution in [0.5, 0.6) is 0 Å². The summed E-state index contributed by atoms with van der Waals surface area (Å²) < 4.78 is 1.81. The molecule has 1 aromatic carbocycles. The van der Waals surface area contributed by atoms with Crippen LogP contribution >= 0.6 is 11.3 Å². The molecule has 0 atom stereocenters. The van der Waals surface area contributed by atoms with Crippen LogP contribution in [0.4, 0.5) is 5.69 Å². The van der Waals surface area contributed by atoms with Crippen molar-refractivity contribution in [3.8, 4) is 5.13 Å². The minimum atomic E-state index is -0.122. The number of aromatic nitrogens is 3. The normalized spacial score (nSPS) is 10.9. The number of nitrogens with zero attached hydrogens (tertiary/aromatic N) is 3. The van der Waals surface area contributed by atoms with Gasteiger partial charge in [0, 0.05) is 27.4 Å². The van der Waals surface area contributed by atoms with Gasteiger partial charge in [0.15, 0.2) is 5.78 Å². The van der Waals surface area contributed by atoms with Crippen molar-refractivity contribution in [2.45, 2.75) is 41.0 Å². The topological polar surface area (TPSA) is 76.9 Å². The monoisotopic (exact) mass is 382 g/mol. The summed E-state index contributed by atoms with van der Waals surface area (Å²) in [6.07, 6.45) is 0.232. The Kier molecular flexibility index (Phi) is 5.23. The van der Waals surface area contributed by atoms with Crippen molar-refractivity contribution in [1.29, 1.82) is 0 Å². The lowest BCUT2D eigenvalue weighted by Crippen LogP contribution is -2.15. The average Bonchev–Trinajstić information content (AvgIpc) is 3.09. The molecule has 3 rings (SSSR count). The van der Waals surface area contributed by atoms with Crippen LogP contribution in [-0.4, -0.2) is 26.5 Å². The Balaban J connectivity index is 1.77. The number of anilines is 1. The van der Waals surface area contributed by atoms with Crippen molar-refractivity contribution in [3.05, 3.63) is 57.4 Å². The lowest BCUT2D eigenvalue weighted by atomic mass is 10.1. The van der Waals surface area contributed by atoms with Crippen LogP contribution in [-0.2, 0) is 11.2 Å². The molecule has 0 fully saturated rings. The summed E-state index contributed by atoms with van der Waals surface area (Å²) in [5, 5.41) is 8.26. The number of thiazole rings is 1. The predicted octanol–water partition coefficient (Wildman–Crippen LogP) is 3.95. The van der Waals surface area contributed by atoms with E-state index in [4.69, 9.17) is 0 Å². The van der Waals surface area contributed by atoms with Gasteiger partial charge in [0.05, 0.1) is 17.8 Å². The summed E-state index contributed by atoms with van der Waals surface area (Å²) >= 11 is 1.59. The largest absolute Gasteiger partial charge is 0.326 e. The smallest absolute Gasteiger partial charge is 0.228 e. The van der Waals surface area contributed by atoms with Gasteiger partial charge in [-0.25, -0.2) is 9.67 Å². The molecular formula is C20H22N4O2S. The van der Waals surface area contributed by atoms with Crippen LogP contribution in [0.3, 0.4) is 0 Å². The third-order valence-corrected chi connectivity index (χ3v) is 5.60. The maximum atomic E-state index is 12.5. The molecule has 0 radical (unpaired) electrons. The second-order valence-corrected chi connectivity index (χ2v) is 7.74. The number of hydrogen-bond acceptors (Lipinski definition) is 5. The zero-order valence-electron chi connectivity index (χ0n) is 16.1. The van der Waals surface area contributed by atoms with Crippen molar-refractivity contribution in [2.75, 3.05) is 5.32 Å². The minimum Gasteiger partial charge on any atom is -0.326 e. The van der Waals surface area contributed by atoms with E-state index in [1.54, 1.807) is 35.6 Å². The van der Waals surface area contributed by atoms with Gasteiger partial charge in [-0.3, -0.25) is 9.59 Å². The summed E-state index contributed by atoms with van der Waals surface area (Å²) in [5.74, 6) is -0.123. The van der Waals surface area contributed by atoms with Gasteiger partial charge in [0.25, 0.3) is 0 Å². The molecule has 140 valence electrons. The van der Waals surface area contributed by atoms with Crippen molar-refractivity contribution >= 4 is 28.7 Å².